The van der Waals surface area contributed by atoms with Crippen LogP contribution in [0.2, 0.25) is 0 Å². The Kier molecular flexibility index (Phi) is 6.76. The lowest BCUT2D eigenvalue weighted by molar-refractivity contribution is 0.954. The minimum absolute atomic E-state index is 0.582. The van der Waals surface area contributed by atoms with E-state index in [1.807, 2.05) is 29.5 Å². The molecular formula is C51H30N4S. The van der Waals surface area contributed by atoms with Gasteiger partial charge in [0.15, 0.2) is 11.6 Å². The van der Waals surface area contributed by atoms with Gasteiger partial charge in [0.05, 0.1) is 11.0 Å². The standard InChI is InChI=1S/C51H30N4S/c1-2-13-31(14-3-1)49-52-50(33-25-27-39-37-17-5-4-15-35(37)36-16-6-7-18-38(36)43(39)30-33)54-51(53-49)55-45-23-10-8-19-40(45)42-22-12-21-34(48(42)55)32-26-28-47-44(29-32)41-20-9-11-24-46(41)56-47/h1-30H. The first-order valence-corrected chi connectivity index (χ1v) is 19.7. The Labute approximate surface area is 325 Å². The van der Waals surface area contributed by atoms with Gasteiger partial charge in [0, 0.05) is 47.6 Å². The molecule has 0 radical (unpaired) electrons. The van der Waals surface area contributed by atoms with Gasteiger partial charge in [-0.1, -0.05) is 152 Å². The summed E-state index contributed by atoms with van der Waals surface area (Å²) in [5.74, 6) is 1.84. The van der Waals surface area contributed by atoms with E-state index in [0.717, 1.165) is 44.1 Å². The lowest BCUT2D eigenvalue weighted by Crippen LogP contribution is -2.07. The van der Waals surface area contributed by atoms with Gasteiger partial charge in [0.25, 0.3) is 0 Å². The maximum atomic E-state index is 5.38. The fraction of sp³-hybridized carbons (Fsp3) is 0. The van der Waals surface area contributed by atoms with Crippen molar-refractivity contribution in [3.63, 3.8) is 0 Å². The predicted octanol–water partition coefficient (Wildman–Crippen LogP) is 13.8. The molecule has 0 fully saturated rings. The number of rotatable bonds is 4. The predicted molar refractivity (Wildman–Crippen MR) is 236 cm³/mol. The molecule has 4 nitrogen and oxygen atoms in total. The number of para-hydroxylation sites is 2. The van der Waals surface area contributed by atoms with E-state index in [9.17, 15) is 0 Å². The maximum absolute atomic E-state index is 5.38. The number of hydrogen-bond donors (Lipinski definition) is 0. The summed E-state index contributed by atoms with van der Waals surface area (Å²) < 4.78 is 4.83. The highest BCUT2D eigenvalue weighted by Crippen LogP contribution is 2.42. The zero-order valence-electron chi connectivity index (χ0n) is 30.0. The first-order chi connectivity index (χ1) is 27.8. The van der Waals surface area contributed by atoms with Gasteiger partial charge >= 0.3 is 0 Å². The molecule has 3 heterocycles. The van der Waals surface area contributed by atoms with Gasteiger partial charge in [-0.15, -0.1) is 11.3 Å². The van der Waals surface area contributed by atoms with E-state index in [1.165, 1.54) is 52.5 Å². The van der Waals surface area contributed by atoms with Gasteiger partial charge in [0.2, 0.25) is 5.95 Å². The third-order valence-corrected chi connectivity index (χ3v) is 12.4. The van der Waals surface area contributed by atoms with Gasteiger partial charge in [-0.3, -0.25) is 4.57 Å². The number of thiophene rings is 1. The van der Waals surface area contributed by atoms with Crippen molar-refractivity contribution in [2.45, 2.75) is 0 Å². The molecule has 0 bridgehead atoms. The third-order valence-electron chi connectivity index (χ3n) is 11.2. The molecule has 12 rings (SSSR count). The van der Waals surface area contributed by atoms with E-state index in [1.54, 1.807) is 0 Å². The van der Waals surface area contributed by atoms with Crippen molar-refractivity contribution >= 4 is 85.6 Å². The smallest absolute Gasteiger partial charge is 0.238 e. The number of nitrogens with zero attached hydrogens (tertiary/aromatic N) is 4. The molecule has 0 aliphatic heterocycles. The quantitative estimate of drug-likeness (QED) is 0.169. The van der Waals surface area contributed by atoms with Crippen molar-refractivity contribution in [3.05, 3.63) is 182 Å². The molecule has 0 spiro atoms. The van der Waals surface area contributed by atoms with Gasteiger partial charge in [-0.05, 0) is 68.2 Å². The van der Waals surface area contributed by atoms with Crippen LogP contribution < -0.4 is 0 Å². The van der Waals surface area contributed by atoms with Crippen LogP contribution in [0.3, 0.4) is 0 Å². The molecule has 0 saturated heterocycles. The summed E-state index contributed by atoms with van der Waals surface area (Å²) in [6.45, 7) is 0. The monoisotopic (exact) mass is 730 g/mol. The first kappa shape index (κ1) is 31.2. The van der Waals surface area contributed by atoms with E-state index >= 15 is 0 Å². The summed E-state index contributed by atoms with van der Waals surface area (Å²) in [4.78, 5) is 15.9. The molecule has 3 aromatic heterocycles. The highest BCUT2D eigenvalue weighted by atomic mass is 32.1. The maximum Gasteiger partial charge on any atom is 0.238 e. The highest BCUT2D eigenvalue weighted by molar-refractivity contribution is 7.25. The number of aromatic nitrogens is 4. The fourth-order valence-electron chi connectivity index (χ4n) is 8.71. The second-order valence-electron chi connectivity index (χ2n) is 14.4. The van der Waals surface area contributed by atoms with E-state index < -0.39 is 0 Å². The van der Waals surface area contributed by atoms with Crippen LogP contribution in [0.5, 0.6) is 0 Å². The summed E-state index contributed by atoms with van der Waals surface area (Å²) >= 11 is 1.84. The Morgan fingerprint density at radius 1 is 0.339 bits per heavy atom. The van der Waals surface area contributed by atoms with Crippen molar-refractivity contribution in [3.8, 4) is 39.9 Å². The second kappa shape index (κ2) is 12.2. The van der Waals surface area contributed by atoms with Gasteiger partial charge in [-0.25, -0.2) is 4.98 Å². The van der Waals surface area contributed by atoms with Gasteiger partial charge < -0.3 is 0 Å². The molecule has 0 atom stereocenters. The molecule has 0 aliphatic carbocycles. The van der Waals surface area contributed by atoms with Crippen molar-refractivity contribution in [2.24, 2.45) is 0 Å². The van der Waals surface area contributed by atoms with E-state index in [0.29, 0.717) is 17.6 Å². The number of hydrogen-bond acceptors (Lipinski definition) is 4. The summed E-state index contributed by atoms with van der Waals surface area (Å²) in [7, 11) is 0. The SMILES string of the molecule is c1ccc(-c2nc(-c3ccc4c5ccccc5c5ccccc5c4c3)nc(-n3c4ccccc4c4cccc(-c5ccc6sc7ccccc7c6c5)c43)n2)cc1. The third kappa shape index (κ3) is 4.68. The normalized spacial score (nSPS) is 11.9. The lowest BCUT2D eigenvalue weighted by Gasteiger charge is -2.14. The zero-order chi connectivity index (χ0) is 36.7. The molecule has 9 aromatic carbocycles. The molecular weight excluding hydrogens is 701 g/mol. The molecule has 0 unspecified atom stereocenters. The molecule has 5 heteroatoms. The Bertz CT molecular complexity index is 3510. The minimum atomic E-state index is 0.582. The highest BCUT2D eigenvalue weighted by Gasteiger charge is 2.21. The van der Waals surface area contributed by atoms with Crippen LogP contribution in [-0.4, -0.2) is 19.5 Å². The second-order valence-corrected chi connectivity index (χ2v) is 15.4. The van der Waals surface area contributed by atoms with Crippen LogP contribution in [-0.2, 0) is 0 Å². The Morgan fingerprint density at radius 2 is 0.893 bits per heavy atom. The zero-order valence-corrected chi connectivity index (χ0v) is 30.8. The van der Waals surface area contributed by atoms with Gasteiger partial charge in [-0.2, -0.15) is 9.97 Å². The van der Waals surface area contributed by atoms with Crippen molar-refractivity contribution in [2.75, 3.05) is 0 Å². The molecule has 260 valence electrons. The summed E-state index contributed by atoms with van der Waals surface area (Å²) in [6.07, 6.45) is 0. The topological polar surface area (TPSA) is 43.6 Å². The van der Waals surface area contributed by atoms with Crippen LogP contribution in [0.25, 0.3) is 114 Å². The number of benzene rings is 9. The molecule has 56 heavy (non-hydrogen) atoms. The first-order valence-electron chi connectivity index (χ1n) is 18.9. The summed E-state index contributed by atoms with van der Waals surface area (Å²) in [5, 5.41) is 12.2. The van der Waals surface area contributed by atoms with Crippen LogP contribution in [0, 0.1) is 0 Å². The van der Waals surface area contributed by atoms with E-state index in [4.69, 9.17) is 15.0 Å². The largest absolute Gasteiger partial charge is 0.277 e. The summed E-state index contributed by atoms with van der Waals surface area (Å²) in [5.41, 5.74) is 6.27. The molecule has 0 N–H and O–H groups in total. The van der Waals surface area contributed by atoms with Crippen molar-refractivity contribution < 1.29 is 0 Å². The minimum Gasteiger partial charge on any atom is -0.277 e. The molecule has 0 aliphatic rings. The molecule has 0 saturated carbocycles. The Hall–Kier alpha value is -7.21. The molecule has 12 aromatic rings. The van der Waals surface area contributed by atoms with Crippen LogP contribution in [0.4, 0.5) is 0 Å². The summed E-state index contributed by atoms with van der Waals surface area (Å²) in [6, 6.07) is 65.0. The Morgan fingerprint density at radius 3 is 1.66 bits per heavy atom. The van der Waals surface area contributed by atoms with E-state index in [-0.39, 0.29) is 0 Å². The van der Waals surface area contributed by atoms with Crippen LogP contribution in [0.1, 0.15) is 0 Å². The Balaban J connectivity index is 1.14. The van der Waals surface area contributed by atoms with Crippen molar-refractivity contribution in [1.29, 1.82) is 0 Å². The van der Waals surface area contributed by atoms with Gasteiger partial charge in [0.1, 0.15) is 0 Å². The average molecular weight is 731 g/mol. The average Bonchev–Trinajstić information content (AvgIpc) is 3.82. The van der Waals surface area contributed by atoms with Crippen LogP contribution >= 0.6 is 11.3 Å². The lowest BCUT2D eigenvalue weighted by atomic mass is 9.93. The van der Waals surface area contributed by atoms with Crippen molar-refractivity contribution in [1.82, 2.24) is 19.5 Å². The fourth-order valence-corrected chi connectivity index (χ4v) is 9.80. The van der Waals surface area contributed by atoms with Crippen LogP contribution in [0.15, 0.2) is 182 Å². The number of fused-ring (bicyclic) bond motifs is 12. The van der Waals surface area contributed by atoms with E-state index in [2.05, 4.69) is 168 Å². The molecule has 0 amide bonds.